The fourth-order valence-corrected chi connectivity index (χ4v) is 1.84. The van der Waals surface area contributed by atoms with Gasteiger partial charge in [0.1, 0.15) is 19.0 Å². The number of rotatable bonds is 11. The van der Waals surface area contributed by atoms with E-state index in [0.29, 0.717) is 13.0 Å². The van der Waals surface area contributed by atoms with Crippen LogP contribution in [-0.4, -0.2) is 31.8 Å². The fourth-order valence-electron chi connectivity index (χ4n) is 1.84. The lowest BCUT2D eigenvalue weighted by molar-refractivity contribution is -0.157. The molecule has 0 amide bonds. The van der Waals surface area contributed by atoms with Gasteiger partial charge in [0.2, 0.25) is 0 Å². The van der Waals surface area contributed by atoms with Crippen molar-refractivity contribution in [2.75, 3.05) is 19.8 Å². The van der Waals surface area contributed by atoms with E-state index in [2.05, 4.69) is 6.92 Å². The van der Waals surface area contributed by atoms with Crippen molar-refractivity contribution in [3.8, 4) is 5.75 Å². The molecule has 0 atom stereocenters. The summed E-state index contributed by atoms with van der Waals surface area (Å²) in [5.41, 5.74) is 0.358. The molecular formula is C21H30O5. The first-order chi connectivity index (χ1) is 12.4. The predicted molar refractivity (Wildman–Crippen MR) is 102 cm³/mol. The van der Waals surface area contributed by atoms with Crippen molar-refractivity contribution < 1.29 is 23.8 Å². The van der Waals surface area contributed by atoms with Gasteiger partial charge in [-0.25, -0.2) is 4.79 Å². The Morgan fingerprint density at radius 3 is 2.27 bits per heavy atom. The normalized spacial score (nSPS) is 11.4. The minimum atomic E-state index is -0.518. The van der Waals surface area contributed by atoms with E-state index >= 15 is 0 Å². The van der Waals surface area contributed by atoms with E-state index in [9.17, 15) is 9.59 Å². The highest BCUT2D eigenvalue weighted by Crippen LogP contribution is 2.21. The van der Waals surface area contributed by atoms with Crippen LogP contribution in [-0.2, 0) is 19.1 Å². The smallest absolute Gasteiger partial charge is 0.330 e. The van der Waals surface area contributed by atoms with Crippen LogP contribution < -0.4 is 4.74 Å². The number of hydrogen-bond acceptors (Lipinski definition) is 5. The molecule has 0 bridgehead atoms. The number of ether oxygens (including phenoxy) is 3. The third kappa shape index (κ3) is 8.19. The minimum Gasteiger partial charge on any atom is -0.494 e. The highest BCUT2D eigenvalue weighted by molar-refractivity contribution is 5.87. The second-order valence-electron chi connectivity index (χ2n) is 6.65. The molecule has 1 rings (SSSR count). The lowest BCUT2D eigenvalue weighted by atomic mass is 9.91. The zero-order valence-electron chi connectivity index (χ0n) is 16.2. The Bertz CT molecular complexity index is 587. The van der Waals surface area contributed by atoms with E-state index in [0.717, 1.165) is 24.2 Å². The van der Waals surface area contributed by atoms with Gasteiger partial charge in [0, 0.05) is 6.08 Å². The van der Waals surface area contributed by atoms with Gasteiger partial charge in [-0.1, -0.05) is 32.4 Å². The molecule has 0 aliphatic rings. The maximum atomic E-state index is 11.8. The zero-order chi connectivity index (χ0) is 19.4. The van der Waals surface area contributed by atoms with Gasteiger partial charge in [-0.2, -0.15) is 0 Å². The monoisotopic (exact) mass is 362 g/mol. The molecule has 0 N–H and O–H groups in total. The Kier molecular flexibility index (Phi) is 9.48. The third-order valence-corrected chi connectivity index (χ3v) is 4.06. The van der Waals surface area contributed by atoms with Crippen molar-refractivity contribution in [3.05, 3.63) is 35.9 Å². The molecule has 0 saturated heterocycles. The molecule has 5 nitrogen and oxygen atoms in total. The second-order valence-corrected chi connectivity index (χ2v) is 6.65. The van der Waals surface area contributed by atoms with Crippen molar-refractivity contribution >= 4 is 18.0 Å². The van der Waals surface area contributed by atoms with Crippen LogP contribution in [0.2, 0.25) is 0 Å². The summed E-state index contributed by atoms with van der Waals surface area (Å²) in [6, 6.07) is 7.49. The highest BCUT2D eigenvalue weighted by Gasteiger charge is 2.26. The first-order valence-corrected chi connectivity index (χ1v) is 9.14. The summed E-state index contributed by atoms with van der Waals surface area (Å²) >= 11 is 0. The molecule has 0 heterocycles. The summed E-state index contributed by atoms with van der Waals surface area (Å²) in [4.78, 5) is 23.5. The number of hydrogen-bond donors (Lipinski definition) is 0. The molecule has 0 aromatic heterocycles. The van der Waals surface area contributed by atoms with E-state index < -0.39 is 11.4 Å². The van der Waals surface area contributed by atoms with Crippen LogP contribution in [0.1, 0.15) is 52.5 Å². The summed E-state index contributed by atoms with van der Waals surface area (Å²) in [6.07, 6.45) is 5.84. The number of esters is 2. The topological polar surface area (TPSA) is 61.8 Å². The number of benzene rings is 1. The molecule has 144 valence electrons. The van der Waals surface area contributed by atoms with Gasteiger partial charge in [-0.15, -0.1) is 0 Å². The van der Waals surface area contributed by atoms with Gasteiger partial charge in [0.05, 0.1) is 12.0 Å². The van der Waals surface area contributed by atoms with E-state index in [1.807, 2.05) is 45.0 Å². The fraction of sp³-hybridized carbons (Fsp3) is 0.524. The van der Waals surface area contributed by atoms with Crippen LogP contribution in [0.25, 0.3) is 6.08 Å². The van der Waals surface area contributed by atoms with Gasteiger partial charge in [-0.05, 0) is 50.5 Å². The molecule has 26 heavy (non-hydrogen) atoms. The predicted octanol–water partition coefficient (Wildman–Crippen LogP) is 4.40. The number of carbonyl (C=O) groups is 2. The largest absolute Gasteiger partial charge is 0.494 e. The number of unbranched alkanes of at least 4 members (excludes halogenated alkanes) is 1. The second kappa shape index (κ2) is 11.3. The third-order valence-electron chi connectivity index (χ3n) is 4.06. The van der Waals surface area contributed by atoms with E-state index in [4.69, 9.17) is 14.2 Å². The van der Waals surface area contributed by atoms with Crippen molar-refractivity contribution in [1.82, 2.24) is 0 Å². The van der Waals surface area contributed by atoms with Crippen molar-refractivity contribution in [3.63, 3.8) is 0 Å². The lowest BCUT2D eigenvalue weighted by Gasteiger charge is -2.20. The van der Waals surface area contributed by atoms with Gasteiger partial charge in [0.25, 0.3) is 0 Å². The summed E-state index contributed by atoms with van der Waals surface area (Å²) in [5.74, 6) is 0.0573. The SMILES string of the molecule is CCCCOc1ccc(/C=C/C(=O)OCCOC(=O)C(C)(C)CC)cc1. The maximum absolute atomic E-state index is 11.8. The van der Waals surface area contributed by atoms with Crippen molar-refractivity contribution in [2.24, 2.45) is 5.41 Å². The molecule has 0 saturated carbocycles. The number of carbonyl (C=O) groups excluding carboxylic acids is 2. The summed E-state index contributed by atoms with van der Waals surface area (Å²) in [5, 5.41) is 0. The Morgan fingerprint density at radius 1 is 1.00 bits per heavy atom. The molecular weight excluding hydrogens is 332 g/mol. The lowest BCUT2D eigenvalue weighted by Crippen LogP contribution is -2.27. The van der Waals surface area contributed by atoms with E-state index in [1.54, 1.807) is 6.08 Å². The Hall–Kier alpha value is -2.30. The summed E-state index contributed by atoms with van der Waals surface area (Å²) < 4.78 is 15.7. The molecule has 0 fully saturated rings. The van der Waals surface area contributed by atoms with Crippen LogP contribution in [0.5, 0.6) is 5.75 Å². The first-order valence-electron chi connectivity index (χ1n) is 9.14. The van der Waals surface area contributed by atoms with Crippen LogP contribution in [0.4, 0.5) is 0 Å². The average molecular weight is 362 g/mol. The Morgan fingerprint density at radius 2 is 1.65 bits per heavy atom. The Balaban J connectivity index is 2.31. The van der Waals surface area contributed by atoms with Gasteiger partial charge < -0.3 is 14.2 Å². The van der Waals surface area contributed by atoms with E-state index in [1.165, 1.54) is 6.08 Å². The molecule has 5 heteroatoms. The molecule has 0 unspecified atom stereocenters. The van der Waals surface area contributed by atoms with Gasteiger partial charge in [-0.3, -0.25) is 4.79 Å². The van der Waals surface area contributed by atoms with Crippen molar-refractivity contribution in [2.45, 2.75) is 47.0 Å². The zero-order valence-corrected chi connectivity index (χ0v) is 16.2. The van der Waals surface area contributed by atoms with Crippen LogP contribution in [0, 0.1) is 5.41 Å². The van der Waals surface area contributed by atoms with Crippen molar-refractivity contribution in [1.29, 1.82) is 0 Å². The van der Waals surface area contributed by atoms with Crippen LogP contribution >= 0.6 is 0 Å². The van der Waals surface area contributed by atoms with Gasteiger partial charge >= 0.3 is 11.9 Å². The summed E-state index contributed by atoms with van der Waals surface area (Å²) in [6.45, 7) is 8.50. The first kappa shape index (κ1) is 21.7. The molecule has 0 radical (unpaired) electrons. The molecule has 0 aliphatic heterocycles. The quantitative estimate of drug-likeness (QED) is 0.332. The van der Waals surface area contributed by atoms with Crippen LogP contribution in [0.3, 0.4) is 0 Å². The minimum absolute atomic E-state index is 0.0406. The van der Waals surface area contributed by atoms with Crippen LogP contribution in [0.15, 0.2) is 30.3 Å². The summed E-state index contributed by atoms with van der Waals surface area (Å²) in [7, 11) is 0. The Labute approximate surface area is 156 Å². The standard InChI is InChI=1S/C21H30O5/c1-5-7-14-24-18-11-8-17(9-12-18)10-13-19(22)25-15-16-26-20(23)21(3,4)6-2/h8-13H,5-7,14-16H2,1-4H3/b13-10+. The molecule has 0 aliphatic carbocycles. The molecule has 0 spiro atoms. The average Bonchev–Trinajstić information content (AvgIpc) is 2.64. The molecule has 1 aromatic carbocycles. The van der Waals surface area contributed by atoms with E-state index in [-0.39, 0.29) is 19.2 Å². The highest BCUT2D eigenvalue weighted by atomic mass is 16.6. The molecule has 1 aromatic rings. The maximum Gasteiger partial charge on any atom is 0.330 e. The van der Waals surface area contributed by atoms with Gasteiger partial charge in [0.15, 0.2) is 0 Å².